The Balaban J connectivity index is 2.91. The highest BCUT2D eigenvalue weighted by Crippen LogP contribution is 2.26. The molecule has 1 unspecified atom stereocenters. The third kappa shape index (κ3) is 5.08. The van der Waals surface area contributed by atoms with E-state index in [-0.39, 0.29) is 11.7 Å². The second kappa shape index (κ2) is 8.49. The van der Waals surface area contributed by atoms with E-state index in [9.17, 15) is 4.79 Å². The standard InChI is InChI=1S/C16H24ClNO3/c1-16(18,13(8-10-20-2)9-11-21-3)15(19)12-4-6-14(17)7-5-12/h4-7,13H,8-11,18H2,1-3H3. The monoisotopic (exact) mass is 313 g/mol. The number of rotatable bonds is 9. The van der Waals surface area contributed by atoms with Gasteiger partial charge in [-0.15, -0.1) is 0 Å². The van der Waals surface area contributed by atoms with Crippen LogP contribution < -0.4 is 5.73 Å². The van der Waals surface area contributed by atoms with Crippen molar-refractivity contribution in [3.63, 3.8) is 0 Å². The van der Waals surface area contributed by atoms with Crippen LogP contribution in [0.1, 0.15) is 30.1 Å². The number of carbonyl (C=O) groups excluding carboxylic acids is 1. The summed E-state index contributed by atoms with van der Waals surface area (Å²) in [4.78, 5) is 12.7. The van der Waals surface area contributed by atoms with Gasteiger partial charge in [-0.2, -0.15) is 0 Å². The summed E-state index contributed by atoms with van der Waals surface area (Å²) in [6.45, 7) is 2.91. The van der Waals surface area contributed by atoms with Gasteiger partial charge in [-0.05, 0) is 49.9 Å². The zero-order chi connectivity index (χ0) is 15.9. The van der Waals surface area contributed by atoms with E-state index >= 15 is 0 Å². The highest BCUT2D eigenvalue weighted by molar-refractivity contribution is 6.30. The molecular formula is C16H24ClNO3. The number of ether oxygens (including phenoxy) is 2. The minimum absolute atomic E-state index is 0.0134. The molecule has 0 saturated heterocycles. The van der Waals surface area contributed by atoms with Gasteiger partial charge in [0, 0.05) is 38.0 Å². The highest BCUT2D eigenvalue weighted by atomic mass is 35.5. The smallest absolute Gasteiger partial charge is 0.182 e. The average Bonchev–Trinajstić information content (AvgIpc) is 2.47. The minimum Gasteiger partial charge on any atom is -0.385 e. The molecule has 1 aromatic rings. The van der Waals surface area contributed by atoms with Gasteiger partial charge in [-0.3, -0.25) is 4.79 Å². The summed E-state index contributed by atoms with van der Waals surface area (Å²) < 4.78 is 10.2. The van der Waals surface area contributed by atoms with Crippen molar-refractivity contribution in [1.29, 1.82) is 0 Å². The fourth-order valence-electron chi connectivity index (χ4n) is 2.36. The van der Waals surface area contributed by atoms with Crippen LogP contribution in [0.4, 0.5) is 0 Å². The summed E-state index contributed by atoms with van der Waals surface area (Å²) in [5, 5.41) is 0.598. The molecule has 0 radical (unpaired) electrons. The summed E-state index contributed by atoms with van der Waals surface area (Å²) in [5.74, 6) is -0.100. The van der Waals surface area contributed by atoms with Gasteiger partial charge in [-0.1, -0.05) is 11.6 Å². The Labute approximate surface area is 131 Å². The quantitative estimate of drug-likeness (QED) is 0.712. The van der Waals surface area contributed by atoms with Crippen molar-refractivity contribution >= 4 is 17.4 Å². The van der Waals surface area contributed by atoms with Gasteiger partial charge in [0.2, 0.25) is 0 Å². The molecule has 0 spiro atoms. The van der Waals surface area contributed by atoms with Crippen LogP contribution in [-0.4, -0.2) is 38.8 Å². The van der Waals surface area contributed by atoms with Crippen LogP contribution in [0.25, 0.3) is 0 Å². The first-order valence-electron chi connectivity index (χ1n) is 7.00. The van der Waals surface area contributed by atoms with Crippen molar-refractivity contribution in [2.24, 2.45) is 11.7 Å². The number of methoxy groups -OCH3 is 2. The number of Topliss-reactive ketones (excluding diaryl/α,β-unsaturated/α-hetero) is 1. The van der Waals surface area contributed by atoms with Gasteiger partial charge >= 0.3 is 0 Å². The van der Waals surface area contributed by atoms with Crippen molar-refractivity contribution < 1.29 is 14.3 Å². The zero-order valence-electron chi connectivity index (χ0n) is 12.9. The topological polar surface area (TPSA) is 61.6 Å². The molecule has 0 heterocycles. The molecule has 1 rings (SSSR count). The Morgan fingerprint density at radius 1 is 1.19 bits per heavy atom. The SMILES string of the molecule is COCCC(CCOC)C(C)(N)C(=O)c1ccc(Cl)cc1. The number of benzene rings is 1. The van der Waals surface area contributed by atoms with Gasteiger partial charge < -0.3 is 15.2 Å². The van der Waals surface area contributed by atoms with E-state index in [2.05, 4.69) is 0 Å². The molecule has 118 valence electrons. The van der Waals surface area contributed by atoms with Crippen LogP contribution in [0.5, 0.6) is 0 Å². The van der Waals surface area contributed by atoms with Crippen LogP contribution in [-0.2, 0) is 9.47 Å². The molecule has 2 N–H and O–H groups in total. The normalized spacial score (nSPS) is 14.2. The van der Waals surface area contributed by atoms with E-state index in [1.54, 1.807) is 45.4 Å². The molecule has 1 atom stereocenters. The predicted molar refractivity (Wildman–Crippen MR) is 84.9 cm³/mol. The number of carbonyl (C=O) groups is 1. The summed E-state index contributed by atoms with van der Waals surface area (Å²) >= 11 is 5.85. The molecular weight excluding hydrogens is 290 g/mol. The van der Waals surface area contributed by atoms with E-state index in [0.717, 1.165) is 0 Å². The molecule has 0 aromatic heterocycles. The van der Waals surface area contributed by atoms with Crippen LogP contribution >= 0.6 is 11.6 Å². The number of hydrogen-bond donors (Lipinski definition) is 1. The molecule has 0 amide bonds. The Kier molecular flexibility index (Phi) is 7.32. The third-order valence-electron chi connectivity index (χ3n) is 3.78. The number of halogens is 1. The number of hydrogen-bond acceptors (Lipinski definition) is 4. The Hall–Kier alpha value is -0.940. The Morgan fingerprint density at radius 3 is 2.10 bits per heavy atom. The fraction of sp³-hybridized carbons (Fsp3) is 0.562. The second-order valence-electron chi connectivity index (χ2n) is 5.38. The van der Waals surface area contributed by atoms with E-state index in [1.807, 2.05) is 0 Å². The maximum Gasteiger partial charge on any atom is 0.182 e. The molecule has 5 heteroatoms. The molecule has 1 aromatic carbocycles. The fourth-order valence-corrected chi connectivity index (χ4v) is 2.49. The molecule has 0 aliphatic heterocycles. The summed E-state index contributed by atoms with van der Waals surface area (Å²) in [6.07, 6.45) is 1.43. The lowest BCUT2D eigenvalue weighted by Crippen LogP contribution is -2.52. The third-order valence-corrected chi connectivity index (χ3v) is 4.04. The Bertz CT molecular complexity index is 437. The lowest BCUT2D eigenvalue weighted by Gasteiger charge is -2.33. The maximum atomic E-state index is 12.7. The van der Waals surface area contributed by atoms with Crippen molar-refractivity contribution in [2.45, 2.75) is 25.3 Å². The van der Waals surface area contributed by atoms with Gasteiger partial charge in [-0.25, -0.2) is 0 Å². The van der Waals surface area contributed by atoms with E-state index in [1.165, 1.54) is 0 Å². The second-order valence-corrected chi connectivity index (χ2v) is 5.82. The van der Waals surface area contributed by atoms with E-state index in [0.29, 0.717) is 36.6 Å². The van der Waals surface area contributed by atoms with Crippen LogP contribution in [0, 0.1) is 5.92 Å². The summed E-state index contributed by atoms with van der Waals surface area (Å²) in [5.41, 5.74) is 5.97. The first-order valence-corrected chi connectivity index (χ1v) is 7.38. The average molecular weight is 314 g/mol. The molecule has 0 aliphatic carbocycles. The molecule has 0 bridgehead atoms. The van der Waals surface area contributed by atoms with Crippen molar-refractivity contribution in [1.82, 2.24) is 0 Å². The van der Waals surface area contributed by atoms with Gasteiger partial charge in [0.15, 0.2) is 5.78 Å². The predicted octanol–water partition coefficient (Wildman–Crippen LogP) is 2.93. The van der Waals surface area contributed by atoms with E-state index < -0.39 is 5.54 Å². The van der Waals surface area contributed by atoms with Gasteiger partial charge in [0.1, 0.15) is 0 Å². The zero-order valence-corrected chi connectivity index (χ0v) is 13.7. The van der Waals surface area contributed by atoms with Gasteiger partial charge in [0.25, 0.3) is 0 Å². The van der Waals surface area contributed by atoms with Crippen molar-refractivity contribution in [3.8, 4) is 0 Å². The molecule has 21 heavy (non-hydrogen) atoms. The van der Waals surface area contributed by atoms with Crippen LogP contribution in [0.15, 0.2) is 24.3 Å². The molecule has 4 nitrogen and oxygen atoms in total. The summed E-state index contributed by atoms with van der Waals surface area (Å²) in [7, 11) is 3.28. The number of ketones is 1. The summed E-state index contributed by atoms with van der Waals surface area (Å²) in [6, 6.07) is 6.81. The van der Waals surface area contributed by atoms with Crippen LogP contribution in [0.2, 0.25) is 5.02 Å². The first kappa shape index (κ1) is 18.1. The molecule has 0 fully saturated rings. The first-order chi connectivity index (χ1) is 9.93. The highest BCUT2D eigenvalue weighted by Gasteiger charge is 2.37. The largest absolute Gasteiger partial charge is 0.385 e. The Morgan fingerprint density at radius 2 is 1.67 bits per heavy atom. The van der Waals surface area contributed by atoms with Crippen molar-refractivity contribution in [2.75, 3.05) is 27.4 Å². The van der Waals surface area contributed by atoms with Crippen LogP contribution in [0.3, 0.4) is 0 Å². The van der Waals surface area contributed by atoms with Crippen molar-refractivity contribution in [3.05, 3.63) is 34.9 Å². The lowest BCUT2D eigenvalue weighted by atomic mass is 9.77. The number of nitrogens with two attached hydrogens (primary N) is 1. The molecule has 0 saturated carbocycles. The van der Waals surface area contributed by atoms with E-state index in [4.69, 9.17) is 26.8 Å². The van der Waals surface area contributed by atoms with Gasteiger partial charge in [0.05, 0.1) is 5.54 Å². The molecule has 0 aliphatic rings. The lowest BCUT2D eigenvalue weighted by molar-refractivity contribution is 0.0749. The maximum absolute atomic E-state index is 12.7. The minimum atomic E-state index is -0.967.